The van der Waals surface area contributed by atoms with E-state index < -0.39 is 18.3 Å². The number of halogens is 3. The maximum Gasteiger partial charge on any atom is 0.403 e. The third-order valence-corrected chi connectivity index (χ3v) is 5.99. The summed E-state index contributed by atoms with van der Waals surface area (Å²) in [4.78, 5) is 24.8. The standard InChI is InChI=1S/C23H24F3N3O2/c1-13-11-14(21(30)29-15-7-9-27-20(12-15)23(24,25)26)5-6-16(13)17-3-2-4-19-18(17)8-10-28-22(19)31/h2-6,11,15,20,27H,7-10,12H2,1H3,(H,28,31)(H,29,30). The summed E-state index contributed by atoms with van der Waals surface area (Å²) in [5.74, 6) is -0.465. The molecule has 5 nitrogen and oxygen atoms in total. The number of alkyl halides is 3. The Bertz CT molecular complexity index is 1020. The molecule has 0 radical (unpaired) electrons. The molecule has 0 saturated carbocycles. The van der Waals surface area contributed by atoms with Gasteiger partial charge in [0.15, 0.2) is 0 Å². The molecule has 2 aromatic rings. The Balaban J connectivity index is 1.53. The van der Waals surface area contributed by atoms with Crippen LogP contribution in [0.1, 0.15) is 44.7 Å². The van der Waals surface area contributed by atoms with E-state index in [1.54, 1.807) is 18.2 Å². The van der Waals surface area contributed by atoms with E-state index in [0.717, 1.165) is 28.7 Å². The Labute approximate surface area is 178 Å². The Morgan fingerprint density at radius 1 is 1.10 bits per heavy atom. The molecule has 2 aromatic carbocycles. The van der Waals surface area contributed by atoms with E-state index >= 15 is 0 Å². The number of rotatable bonds is 3. The van der Waals surface area contributed by atoms with Gasteiger partial charge in [0.05, 0.1) is 0 Å². The molecular weight excluding hydrogens is 407 g/mol. The molecule has 0 spiro atoms. The fourth-order valence-electron chi connectivity index (χ4n) is 4.39. The second kappa shape index (κ2) is 8.34. The molecule has 31 heavy (non-hydrogen) atoms. The predicted molar refractivity (Wildman–Crippen MR) is 111 cm³/mol. The van der Waals surface area contributed by atoms with Gasteiger partial charge in [-0.2, -0.15) is 13.2 Å². The second-order valence-electron chi connectivity index (χ2n) is 8.11. The first-order chi connectivity index (χ1) is 14.7. The molecule has 2 heterocycles. The minimum atomic E-state index is -4.33. The lowest BCUT2D eigenvalue weighted by Crippen LogP contribution is -2.53. The molecule has 4 rings (SSSR count). The molecule has 0 aromatic heterocycles. The van der Waals surface area contributed by atoms with E-state index in [2.05, 4.69) is 16.0 Å². The topological polar surface area (TPSA) is 70.2 Å². The van der Waals surface area contributed by atoms with Crippen molar-refractivity contribution in [3.63, 3.8) is 0 Å². The molecule has 2 aliphatic heterocycles. The normalized spacial score (nSPS) is 21.2. The van der Waals surface area contributed by atoms with Crippen molar-refractivity contribution in [2.75, 3.05) is 13.1 Å². The Kier molecular flexibility index (Phi) is 5.75. The van der Waals surface area contributed by atoms with Crippen molar-refractivity contribution in [2.45, 2.75) is 44.4 Å². The van der Waals surface area contributed by atoms with Gasteiger partial charge in [-0.15, -0.1) is 0 Å². The predicted octanol–water partition coefficient (Wildman–Crippen LogP) is 3.36. The maximum absolute atomic E-state index is 13.0. The fraction of sp³-hybridized carbons (Fsp3) is 0.391. The van der Waals surface area contributed by atoms with Crippen LogP contribution in [0.5, 0.6) is 0 Å². The van der Waals surface area contributed by atoms with Gasteiger partial charge in [-0.25, -0.2) is 0 Å². The van der Waals surface area contributed by atoms with Gasteiger partial charge in [0.1, 0.15) is 6.04 Å². The zero-order valence-corrected chi connectivity index (χ0v) is 17.1. The zero-order valence-electron chi connectivity index (χ0n) is 17.1. The van der Waals surface area contributed by atoms with Crippen LogP contribution >= 0.6 is 0 Å². The highest BCUT2D eigenvalue weighted by Gasteiger charge is 2.42. The van der Waals surface area contributed by atoms with Crippen molar-refractivity contribution >= 4 is 11.8 Å². The van der Waals surface area contributed by atoms with Gasteiger partial charge < -0.3 is 16.0 Å². The number of benzene rings is 2. The van der Waals surface area contributed by atoms with Gasteiger partial charge >= 0.3 is 6.18 Å². The molecule has 2 aliphatic rings. The number of aryl methyl sites for hydroxylation is 1. The molecule has 164 valence electrons. The highest BCUT2D eigenvalue weighted by atomic mass is 19.4. The van der Waals surface area contributed by atoms with E-state index in [9.17, 15) is 22.8 Å². The van der Waals surface area contributed by atoms with Gasteiger partial charge in [0.2, 0.25) is 0 Å². The zero-order chi connectivity index (χ0) is 22.2. The van der Waals surface area contributed by atoms with Crippen LogP contribution in [0.3, 0.4) is 0 Å². The van der Waals surface area contributed by atoms with Crippen molar-refractivity contribution in [3.8, 4) is 11.1 Å². The molecule has 1 saturated heterocycles. The van der Waals surface area contributed by atoms with Gasteiger partial charge in [0.25, 0.3) is 11.8 Å². The maximum atomic E-state index is 13.0. The van der Waals surface area contributed by atoms with Gasteiger partial charge in [-0.1, -0.05) is 18.2 Å². The molecule has 2 amide bonds. The van der Waals surface area contributed by atoms with Crippen molar-refractivity contribution in [1.29, 1.82) is 0 Å². The summed E-state index contributed by atoms with van der Waals surface area (Å²) in [6.07, 6.45) is -3.32. The molecule has 2 atom stereocenters. The molecule has 2 unspecified atom stereocenters. The largest absolute Gasteiger partial charge is 0.403 e. The van der Waals surface area contributed by atoms with Crippen LogP contribution in [0.2, 0.25) is 0 Å². The molecule has 0 aliphatic carbocycles. The van der Waals surface area contributed by atoms with Crippen LogP contribution in [0, 0.1) is 6.92 Å². The first-order valence-electron chi connectivity index (χ1n) is 10.4. The molecule has 8 heteroatoms. The van der Waals surface area contributed by atoms with Gasteiger partial charge in [-0.05, 0) is 73.2 Å². The number of nitrogens with one attached hydrogen (secondary N) is 3. The lowest BCUT2D eigenvalue weighted by molar-refractivity contribution is -0.161. The minimum Gasteiger partial charge on any atom is -0.352 e. The highest BCUT2D eigenvalue weighted by Crippen LogP contribution is 2.31. The third kappa shape index (κ3) is 4.44. The van der Waals surface area contributed by atoms with E-state index in [4.69, 9.17) is 0 Å². The monoisotopic (exact) mass is 431 g/mol. The number of hydrogen-bond acceptors (Lipinski definition) is 3. The van der Waals surface area contributed by atoms with E-state index in [1.807, 2.05) is 25.1 Å². The van der Waals surface area contributed by atoms with Crippen molar-refractivity contribution in [2.24, 2.45) is 0 Å². The quantitative estimate of drug-likeness (QED) is 0.698. The van der Waals surface area contributed by atoms with Crippen LogP contribution < -0.4 is 16.0 Å². The average Bonchev–Trinajstić information content (AvgIpc) is 2.73. The van der Waals surface area contributed by atoms with Crippen LogP contribution in [-0.4, -0.2) is 43.2 Å². The lowest BCUT2D eigenvalue weighted by atomic mass is 9.88. The molecule has 1 fully saturated rings. The van der Waals surface area contributed by atoms with E-state index in [-0.39, 0.29) is 24.8 Å². The number of carbonyl (C=O) groups is 2. The number of amides is 2. The number of fused-ring (bicyclic) bond motifs is 1. The Hall–Kier alpha value is -2.87. The minimum absolute atomic E-state index is 0.0871. The smallest absolute Gasteiger partial charge is 0.352 e. The molecular formula is C23H24F3N3O2. The Morgan fingerprint density at radius 2 is 1.87 bits per heavy atom. The SMILES string of the molecule is Cc1cc(C(=O)NC2CCNC(C(F)(F)F)C2)ccc1-c1cccc2c1CCNC2=O. The summed E-state index contributed by atoms with van der Waals surface area (Å²) in [5.41, 5.74) is 4.82. The van der Waals surface area contributed by atoms with Crippen molar-refractivity contribution in [3.05, 3.63) is 58.7 Å². The van der Waals surface area contributed by atoms with Gasteiger partial charge in [-0.3, -0.25) is 9.59 Å². The molecule has 3 N–H and O–H groups in total. The summed E-state index contributed by atoms with van der Waals surface area (Å²) in [6.45, 7) is 2.68. The van der Waals surface area contributed by atoms with Crippen molar-refractivity contribution < 1.29 is 22.8 Å². The third-order valence-electron chi connectivity index (χ3n) is 5.99. The second-order valence-corrected chi connectivity index (χ2v) is 8.11. The average molecular weight is 431 g/mol. The number of carbonyl (C=O) groups excluding carboxylic acids is 2. The summed E-state index contributed by atoms with van der Waals surface area (Å²) in [7, 11) is 0. The van der Waals surface area contributed by atoms with E-state index in [0.29, 0.717) is 24.1 Å². The Morgan fingerprint density at radius 3 is 2.61 bits per heavy atom. The van der Waals surface area contributed by atoms with Crippen LogP contribution in [0.4, 0.5) is 13.2 Å². The summed E-state index contributed by atoms with van der Waals surface area (Å²) < 4.78 is 38.9. The number of hydrogen-bond donors (Lipinski definition) is 3. The van der Waals surface area contributed by atoms with Crippen LogP contribution in [0.25, 0.3) is 11.1 Å². The summed E-state index contributed by atoms with van der Waals surface area (Å²) >= 11 is 0. The lowest BCUT2D eigenvalue weighted by Gasteiger charge is -2.32. The summed E-state index contributed by atoms with van der Waals surface area (Å²) in [6, 6.07) is 8.75. The first-order valence-corrected chi connectivity index (χ1v) is 10.4. The van der Waals surface area contributed by atoms with Gasteiger partial charge in [0, 0.05) is 23.7 Å². The summed E-state index contributed by atoms with van der Waals surface area (Å²) in [5, 5.41) is 8.05. The van der Waals surface area contributed by atoms with Crippen molar-refractivity contribution in [1.82, 2.24) is 16.0 Å². The number of piperidine rings is 1. The van der Waals surface area contributed by atoms with Crippen LogP contribution in [-0.2, 0) is 6.42 Å². The van der Waals surface area contributed by atoms with Crippen LogP contribution in [0.15, 0.2) is 36.4 Å². The van der Waals surface area contributed by atoms with E-state index in [1.165, 1.54) is 0 Å². The fourth-order valence-corrected chi connectivity index (χ4v) is 4.39. The highest BCUT2D eigenvalue weighted by molar-refractivity contribution is 5.99. The molecule has 0 bridgehead atoms. The first kappa shape index (κ1) is 21.4.